The van der Waals surface area contributed by atoms with Gasteiger partial charge in [-0.15, -0.1) is 0 Å². The lowest BCUT2D eigenvalue weighted by molar-refractivity contribution is 0.324. The van der Waals surface area contributed by atoms with Crippen LogP contribution in [0.15, 0.2) is 76.6 Å². The number of hydrogen-bond acceptors (Lipinski definition) is 8. The van der Waals surface area contributed by atoms with Gasteiger partial charge in [0.1, 0.15) is 5.71 Å². The molecule has 0 radical (unpaired) electrons. The largest absolute Gasteiger partial charge is 0.493 e. The summed E-state index contributed by atoms with van der Waals surface area (Å²) in [5.74, 6) is 1.51. The van der Waals surface area contributed by atoms with Crippen LogP contribution in [0.1, 0.15) is 11.3 Å². The summed E-state index contributed by atoms with van der Waals surface area (Å²) in [4.78, 5) is 17.5. The predicted octanol–water partition coefficient (Wildman–Crippen LogP) is 4.38. The van der Waals surface area contributed by atoms with Gasteiger partial charge in [-0.05, 0) is 48.5 Å². The van der Waals surface area contributed by atoms with Crippen molar-refractivity contribution in [2.45, 2.75) is 0 Å². The van der Waals surface area contributed by atoms with Crippen molar-refractivity contribution < 1.29 is 14.2 Å². The number of anilines is 1. The van der Waals surface area contributed by atoms with Crippen molar-refractivity contribution in [2.24, 2.45) is 5.10 Å². The third-order valence-corrected chi connectivity index (χ3v) is 5.28. The van der Waals surface area contributed by atoms with Gasteiger partial charge in [0.2, 0.25) is 5.75 Å². The number of hydrogen-bond donors (Lipinski definition) is 2. The van der Waals surface area contributed by atoms with Crippen molar-refractivity contribution in [1.29, 1.82) is 0 Å². The normalized spacial score (nSPS) is 11.1. The molecule has 3 aromatic carbocycles. The highest BCUT2D eigenvalue weighted by Gasteiger charge is 2.21. The second-order valence-corrected chi connectivity index (χ2v) is 7.63. The van der Waals surface area contributed by atoms with E-state index in [4.69, 9.17) is 25.8 Å². The number of nitrogens with zero attached hydrogens (tertiary/aromatic N) is 3. The van der Waals surface area contributed by atoms with E-state index in [-0.39, 0.29) is 11.4 Å². The highest BCUT2D eigenvalue weighted by Crippen LogP contribution is 2.38. The van der Waals surface area contributed by atoms with Gasteiger partial charge in [0, 0.05) is 16.1 Å². The molecule has 0 amide bonds. The first-order valence-electron chi connectivity index (χ1n) is 10.5. The Morgan fingerprint density at radius 3 is 2.20 bits per heavy atom. The molecule has 0 aliphatic rings. The highest BCUT2D eigenvalue weighted by atomic mass is 35.5. The van der Waals surface area contributed by atoms with Crippen molar-refractivity contribution in [1.82, 2.24) is 15.2 Å². The Morgan fingerprint density at radius 1 is 0.943 bits per heavy atom. The SMILES string of the molecule is COc1cc(/C(=N/Nc2ccccc2)c2nc(-c3ccc(Cl)cc3)n[nH]c2=O)cc(OC)c1OC. The number of aromatic amines is 1. The third kappa shape index (κ3) is 5.25. The summed E-state index contributed by atoms with van der Waals surface area (Å²) in [6.07, 6.45) is 0. The molecular formula is C25H22ClN5O4. The molecule has 178 valence electrons. The van der Waals surface area contributed by atoms with Gasteiger partial charge in [0.05, 0.1) is 27.0 Å². The second-order valence-electron chi connectivity index (χ2n) is 7.20. The zero-order valence-electron chi connectivity index (χ0n) is 19.2. The van der Waals surface area contributed by atoms with E-state index in [9.17, 15) is 4.79 Å². The number of nitrogens with one attached hydrogen (secondary N) is 2. The quantitative estimate of drug-likeness (QED) is 0.278. The van der Waals surface area contributed by atoms with Crippen molar-refractivity contribution in [3.63, 3.8) is 0 Å². The van der Waals surface area contributed by atoms with E-state index in [2.05, 4.69) is 25.7 Å². The fraction of sp³-hybridized carbons (Fsp3) is 0.120. The summed E-state index contributed by atoms with van der Waals surface area (Å²) >= 11 is 6.01. The van der Waals surface area contributed by atoms with Crippen LogP contribution in [-0.4, -0.2) is 42.2 Å². The zero-order chi connectivity index (χ0) is 24.8. The van der Waals surface area contributed by atoms with Crippen LogP contribution in [0.5, 0.6) is 17.2 Å². The van der Waals surface area contributed by atoms with Gasteiger partial charge >= 0.3 is 0 Å². The van der Waals surface area contributed by atoms with Crippen molar-refractivity contribution in [2.75, 3.05) is 26.8 Å². The van der Waals surface area contributed by atoms with E-state index in [1.165, 1.54) is 21.3 Å². The van der Waals surface area contributed by atoms with Crippen molar-refractivity contribution in [3.05, 3.63) is 93.4 Å². The molecular weight excluding hydrogens is 470 g/mol. The Balaban J connectivity index is 1.90. The van der Waals surface area contributed by atoms with E-state index in [1.807, 2.05) is 30.3 Å². The number of benzene rings is 3. The first-order chi connectivity index (χ1) is 17.0. The Hall–Kier alpha value is -4.37. The molecule has 0 saturated heterocycles. The molecule has 0 unspecified atom stereocenters. The van der Waals surface area contributed by atoms with Gasteiger partial charge in [-0.2, -0.15) is 10.2 Å². The summed E-state index contributed by atoms with van der Waals surface area (Å²) in [6.45, 7) is 0. The lowest BCUT2D eigenvalue weighted by Crippen LogP contribution is -2.24. The number of hydrazone groups is 1. The summed E-state index contributed by atoms with van der Waals surface area (Å²) < 4.78 is 16.4. The molecule has 0 atom stereocenters. The molecule has 4 aromatic rings. The van der Waals surface area contributed by atoms with Gasteiger partial charge in [0.15, 0.2) is 23.0 Å². The van der Waals surface area contributed by atoms with Crippen LogP contribution in [0.2, 0.25) is 5.02 Å². The molecule has 1 aromatic heterocycles. The zero-order valence-corrected chi connectivity index (χ0v) is 20.0. The van der Waals surface area contributed by atoms with E-state index < -0.39 is 5.56 Å². The summed E-state index contributed by atoms with van der Waals surface area (Å²) in [6, 6.07) is 19.7. The molecule has 0 aliphatic heterocycles. The maximum atomic E-state index is 12.9. The minimum absolute atomic E-state index is 0.0441. The molecule has 0 bridgehead atoms. The number of methoxy groups -OCH3 is 3. The van der Waals surface area contributed by atoms with Crippen LogP contribution < -0.4 is 25.2 Å². The van der Waals surface area contributed by atoms with Crippen LogP contribution >= 0.6 is 11.6 Å². The Bertz CT molecular complexity index is 1380. The Morgan fingerprint density at radius 2 is 1.60 bits per heavy atom. The van der Waals surface area contributed by atoms with E-state index in [1.54, 1.807) is 36.4 Å². The molecule has 10 heteroatoms. The van der Waals surface area contributed by atoms with E-state index in [0.717, 1.165) is 5.69 Å². The van der Waals surface area contributed by atoms with Crippen LogP contribution in [0, 0.1) is 0 Å². The van der Waals surface area contributed by atoms with Gasteiger partial charge in [-0.25, -0.2) is 10.1 Å². The van der Waals surface area contributed by atoms with E-state index in [0.29, 0.717) is 39.2 Å². The Kier molecular flexibility index (Phi) is 7.27. The molecule has 0 aliphatic carbocycles. The summed E-state index contributed by atoms with van der Waals surface area (Å²) in [5.41, 5.74) is 4.65. The van der Waals surface area contributed by atoms with Gasteiger partial charge in [-0.3, -0.25) is 10.2 Å². The number of halogens is 1. The molecule has 4 rings (SSSR count). The summed E-state index contributed by atoms with van der Waals surface area (Å²) in [7, 11) is 4.53. The predicted molar refractivity (Wildman–Crippen MR) is 135 cm³/mol. The highest BCUT2D eigenvalue weighted by molar-refractivity contribution is 6.30. The smallest absolute Gasteiger partial charge is 0.292 e. The number of rotatable bonds is 8. The average Bonchev–Trinajstić information content (AvgIpc) is 2.90. The fourth-order valence-corrected chi connectivity index (χ4v) is 3.46. The molecule has 1 heterocycles. The topological polar surface area (TPSA) is 111 Å². The second kappa shape index (κ2) is 10.7. The summed E-state index contributed by atoms with van der Waals surface area (Å²) in [5, 5.41) is 11.7. The third-order valence-electron chi connectivity index (χ3n) is 5.03. The number of aromatic nitrogens is 3. The molecule has 0 saturated carbocycles. The molecule has 0 spiro atoms. The first kappa shape index (κ1) is 23.8. The van der Waals surface area contributed by atoms with Crippen LogP contribution in [0.3, 0.4) is 0 Å². The van der Waals surface area contributed by atoms with Crippen LogP contribution in [0.25, 0.3) is 11.4 Å². The van der Waals surface area contributed by atoms with Crippen molar-refractivity contribution >= 4 is 23.0 Å². The minimum atomic E-state index is -0.523. The minimum Gasteiger partial charge on any atom is -0.493 e. The van der Waals surface area contributed by atoms with Crippen molar-refractivity contribution in [3.8, 4) is 28.6 Å². The molecule has 9 nitrogen and oxygen atoms in total. The average molecular weight is 492 g/mol. The maximum absolute atomic E-state index is 12.9. The lowest BCUT2D eigenvalue weighted by Gasteiger charge is -2.15. The Labute approximate surface area is 206 Å². The van der Waals surface area contributed by atoms with Gasteiger partial charge < -0.3 is 14.2 Å². The molecule has 35 heavy (non-hydrogen) atoms. The number of H-pyrrole nitrogens is 1. The first-order valence-corrected chi connectivity index (χ1v) is 10.8. The lowest BCUT2D eigenvalue weighted by atomic mass is 10.1. The van der Waals surface area contributed by atoms with Crippen LogP contribution in [0.4, 0.5) is 5.69 Å². The number of ether oxygens (including phenoxy) is 3. The van der Waals surface area contributed by atoms with Gasteiger partial charge in [-0.1, -0.05) is 29.8 Å². The fourth-order valence-electron chi connectivity index (χ4n) is 3.33. The molecule has 2 N–H and O–H groups in total. The number of para-hydroxylation sites is 1. The van der Waals surface area contributed by atoms with Gasteiger partial charge in [0.25, 0.3) is 5.56 Å². The standard InChI is InChI=1S/C25H22ClN5O4/c1-33-19-13-16(14-20(34-2)23(19)35-3)21(29-28-18-7-5-4-6-8-18)22-25(32)31-30-24(27-22)15-9-11-17(26)12-10-15/h4-14,28H,1-3H3,(H,31,32)/b29-21-. The maximum Gasteiger partial charge on any atom is 0.292 e. The monoisotopic (exact) mass is 491 g/mol. The van der Waals surface area contributed by atoms with E-state index >= 15 is 0 Å². The molecule has 0 fully saturated rings. The van der Waals surface area contributed by atoms with Crippen LogP contribution in [-0.2, 0) is 0 Å².